The molecule has 1 amide bonds. The number of hydrogen-bond donors (Lipinski definition) is 4. The number of aliphatic hydroxyl groups excluding tert-OH is 3. The largest absolute Gasteiger partial charge is 0.394 e. The van der Waals surface area contributed by atoms with Crippen LogP contribution in [0.5, 0.6) is 0 Å². The molecule has 404 valence electrons. The predicted molar refractivity (Wildman–Crippen MR) is 301 cm³/mol. The van der Waals surface area contributed by atoms with Crippen molar-refractivity contribution in [1.29, 1.82) is 0 Å². The fourth-order valence-corrected chi connectivity index (χ4v) is 9.97. The fraction of sp³-hybridized carbons (Fsp3) is 0.921. The summed E-state index contributed by atoms with van der Waals surface area (Å²) in [5.74, 6) is -0.505. The Kier molecular flexibility index (Phi) is 57.4. The number of amides is 1. The molecule has 0 spiro atoms. The molecule has 0 radical (unpaired) electrons. The summed E-state index contributed by atoms with van der Waals surface area (Å²) >= 11 is 0. The lowest BCUT2D eigenvalue weighted by Gasteiger charge is -2.21. The van der Waals surface area contributed by atoms with Gasteiger partial charge in [0.1, 0.15) is 6.10 Å². The van der Waals surface area contributed by atoms with Crippen molar-refractivity contribution in [2.45, 2.75) is 366 Å². The monoisotopic (exact) mass is 958 g/mol. The number of aliphatic hydroxyl groups is 3. The van der Waals surface area contributed by atoms with Crippen LogP contribution in [0.1, 0.15) is 348 Å². The highest BCUT2D eigenvalue weighted by Gasteiger charge is 2.22. The molecular weight excluding hydrogens is 835 g/mol. The van der Waals surface area contributed by atoms with Crippen LogP contribution in [0.2, 0.25) is 0 Å². The zero-order valence-electron chi connectivity index (χ0n) is 46.3. The van der Waals surface area contributed by atoms with Crippen LogP contribution in [0, 0.1) is 0 Å². The van der Waals surface area contributed by atoms with Crippen LogP contribution >= 0.6 is 0 Å². The molecule has 0 heterocycles. The fourth-order valence-electron chi connectivity index (χ4n) is 9.97. The Morgan fingerprint density at radius 3 is 0.897 bits per heavy atom. The Morgan fingerprint density at radius 2 is 0.603 bits per heavy atom. The number of allylic oxidation sites excluding steroid dienone is 3. The number of carbonyl (C=O) groups excluding carboxylic acids is 1. The maximum atomic E-state index is 12.6. The summed E-state index contributed by atoms with van der Waals surface area (Å²) in [7, 11) is 0. The maximum Gasteiger partial charge on any atom is 0.249 e. The van der Waals surface area contributed by atoms with E-state index >= 15 is 0 Å². The lowest BCUT2D eigenvalue weighted by Crippen LogP contribution is -2.48. The molecule has 0 fully saturated rings. The van der Waals surface area contributed by atoms with E-state index in [2.05, 4.69) is 31.3 Å². The SMILES string of the molecule is CCCCCCCCCCCCCCCCCC/C=C/CC/C=C/C(O)C(CO)NC(=O)C(O)CCCCCCCCCCCCCCCCCCCCCCCCCCCCCCCCCC. The van der Waals surface area contributed by atoms with Gasteiger partial charge in [-0.05, 0) is 32.1 Å². The van der Waals surface area contributed by atoms with Gasteiger partial charge in [0.25, 0.3) is 0 Å². The summed E-state index contributed by atoms with van der Waals surface area (Å²) in [4.78, 5) is 12.6. The standard InChI is InChI=1S/C63H123NO4/c1-3-5-7-9-11-13-15-17-19-21-23-25-27-28-29-30-31-32-33-34-35-36-38-40-42-44-46-48-50-52-54-56-58-62(67)63(68)64-60(59-65)61(66)57-55-53-51-49-47-45-43-41-39-37-26-24-22-20-18-16-14-12-10-8-6-4-2/h47,49,55,57,60-62,65-67H,3-46,48,50-54,56,58-59H2,1-2H3,(H,64,68)/b49-47+,57-55+. The molecule has 0 aliphatic heterocycles. The van der Waals surface area contributed by atoms with Gasteiger partial charge in [0.05, 0.1) is 18.8 Å². The van der Waals surface area contributed by atoms with Crippen molar-refractivity contribution in [2.24, 2.45) is 0 Å². The van der Waals surface area contributed by atoms with Crippen LogP contribution < -0.4 is 5.32 Å². The molecule has 0 aromatic rings. The van der Waals surface area contributed by atoms with E-state index in [9.17, 15) is 20.1 Å². The molecule has 0 bridgehead atoms. The molecule has 0 saturated carbocycles. The molecule has 68 heavy (non-hydrogen) atoms. The van der Waals surface area contributed by atoms with Gasteiger partial charge in [-0.1, -0.05) is 340 Å². The van der Waals surface area contributed by atoms with Gasteiger partial charge in [-0.15, -0.1) is 0 Å². The van der Waals surface area contributed by atoms with Gasteiger partial charge in [-0.2, -0.15) is 0 Å². The third-order valence-electron chi connectivity index (χ3n) is 14.8. The minimum Gasteiger partial charge on any atom is -0.394 e. The highest BCUT2D eigenvalue weighted by Crippen LogP contribution is 2.19. The quantitative estimate of drug-likeness (QED) is 0.0361. The van der Waals surface area contributed by atoms with Crippen molar-refractivity contribution in [3.8, 4) is 0 Å². The van der Waals surface area contributed by atoms with E-state index in [0.29, 0.717) is 6.42 Å². The predicted octanol–water partition coefficient (Wildman–Crippen LogP) is 19.6. The average Bonchev–Trinajstić information content (AvgIpc) is 3.34. The number of nitrogens with one attached hydrogen (secondary N) is 1. The van der Waals surface area contributed by atoms with Crippen molar-refractivity contribution < 1.29 is 20.1 Å². The zero-order valence-corrected chi connectivity index (χ0v) is 46.3. The highest BCUT2D eigenvalue weighted by atomic mass is 16.3. The van der Waals surface area contributed by atoms with E-state index in [1.54, 1.807) is 6.08 Å². The van der Waals surface area contributed by atoms with E-state index in [0.717, 1.165) is 38.5 Å². The van der Waals surface area contributed by atoms with Crippen molar-refractivity contribution in [1.82, 2.24) is 5.32 Å². The van der Waals surface area contributed by atoms with Gasteiger partial charge in [0.15, 0.2) is 0 Å². The number of carbonyl (C=O) groups is 1. The first-order chi connectivity index (χ1) is 33.6. The molecule has 3 unspecified atom stereocenters. The first kappa shape index (κ1) is 66.8. The van der Waals surface area contributed by atoms with Gasteiger partial charge in [-0.25, -0.2) is 0 Å². The lowest BCUT2D eigenvalue weighted by atomic mass is 10.0. The van der Waals surface area contributed by atoms with Crippen LogP contribution in [-0.4, -0.2) is 46.1 Å². The number of unbranched alkanes of at least 4 members (excludes halogenated alkanes) is 48. The summed E-state index contributed by atoms with van der Waals surface area (Å²) in [6.07, 6.45) is 75.8. The van der Waals surface area contributed by atoms with Gasteiger partial charge in [0, 0.05) is 0 Å². The van der Waals surface area contributed by atoms with Gasteiger partial charge in [0.2, 0.25) is 5.91 Å². The molecule has 0 aliphatic rings. The average molecular weight is 959 g/mol. The third kappa shape index (κ3) is 52.6. The third-order valence-corrected chi connectivity index (χ3v) is 14.8. The molecule has 0 rings (SSSR count). The summed E-state index contributed by atoms with van der Waals surface area (Å²) in [6, 6.07) is -0.813. The van der Waals surface area contributed by atoms with Gasteiger partial charge >= 0.3 is 0 Å². The van der Waals surface area contributed by atoms with Crippen molar-refractivity contribution in [3.05, 3.63) is 24.3 Å². The Labute approximate surface area is 426 Å². The molecule has 0 aliphatic carbocycles. The zero-order chi connectivity index (χ0) is 49.3. The Bertz CT molecular complexity index is 1010. The first-order valence-electron chi connectivity index (χ1n) is 31.2. The van der Waals surface area contributed by atoms with Crippen molar-refractivity contribution >= 4 is 5.91 Å². The van der Waals surface area contributed by atoms with E-state index in [1.165, 1.54) is 289 Å². The summed E-state index contributed by atoms with van der Waals surface area (Å²) in [5.41, 5.74) is 0. The molecule has 5 heteroatoms. The molecule has 0 saturated heterocycles. The second kappa shape index (κ2) is 58.4. The van der Waals surface area contributed by atoms with Crippen LogP contribution in [-0.2, 0) is 4.79 Å². The van der Waals surface area contributed by atoms with E-state index in [4.69, 9.17) is 0 Å². The van der Waals surface area contributed by atoms with Crippen LogP contribution in [0.3, 0.4) is 0 Å². The molecular formula is C63H123NO4. The Balaban J connectivity index is 3.52. The number of hydrogen-bond acceptors (Lipinski definition) is 4. The molecule has 0 aromatic heterocycles. The number of rotatable bonds is 58. The molecule has 3 atom stereocenters. The van der Waals surface area contributed by atoms with Gasteiger partial charge < -0.3 is 20.6 Å². The van der Waals surface area contributed by atoms with Crippen LogP contribution in [0.15, 0.2) is 24.3 Å². The van der Waals surface area contributed by atoms with Gasteiger partial charge in [-0.3, -0.25) is 4.79 Å². The second-order valence-electron chi connectivity index (χ2n) is 21.6. The topological polar surface area (TPSA) is 89.8 Å². The highest BCUT2D eigenvalue weighted by molar-refractivity contribution is 5.80. The normalized spacial score (nSPS) is 13.3. The molecule has 0 aromatic carbocycles. The Morgan fingerprint density at radius 1 is 0.353 bits per heavy atom. The first-order valence-corrected chi connectivity index (χ1v) is 31.2. The van der Waals surface area contributed by atoms with Crippen molar-refractivity contribution in [3.63, 3.8) is 0 Å². The maximum absolute atomic E-state index is 12.6. The van der Waals surface area contributed by atoms with Crippen LogP contribution in [0.4, 0.5) is 0 Å². The van der Waals surface area contributed by atoms with E-state index in [-0.39, 0.29) is 6.61 Å². The minimum atomic E-state index is -1.10. The van der Waals surface area contributed by atoms with E-state index in [1.807, 2.05) is 6.08 Å². The minimum absolute atomic E-state index is 0.372. The van der Waals surface area contributed by atoms with Crippen molar-refractivity contribution in [2.75, 3.05) is 6.61 Å². The molecule has 4 N–H and O–H groups in total. The summed E-state index contributed by atoms with van der Waals surface area (Å²) in [5, 5.41) is 33.4. The lowest BCUT2D eigenvalue weighted by molar-refractivity contribution is -0.131. The Hall–Kier alpha value is -1.17. The van der Waals surface area contributed by atoms with Crippen LogP contribution in [0.25, 0.3) is 0 Å². The van der Waals surface area contributed by atoms with E-state index < -0.39 is 24.2 Å². The molecule has 5 nitrogen and oxygen atoms in total. The second-order valence-corrected chi connectivity index (χ2v) is 21.6. The smallest absolute Gasteiger partial charge is 0.249 e. The summed E-state index contributed by atoms with van der Waals surface area (Å²) in [6.45, 7) is 4.22. The summed E-state index contributed by atoms with van der Waals surface area (Å²) < 4.78 is 0.